The molecule has 6 heteroatoms. The molecule has 0 aromatic carbocycles. The van der Waals surface area contributed by atoms with Crippen molar-refractivity contribution in [2.75, 3.05) is 19.8 Å². The summed E-state index contributed by atoms with van der Waals surface area (Å²) >= 11 is 0. The third-order valence-electron chi connectivity index (χ3n) is 5.50. The number of carbonyl (C=O) groups is 3. The summed E-state index contributed by atoms with van der Waals surface area (Å²) in [5.41, 5.74) is -0.727. The third kappa shape index (κ3) is 6.61. The van der Waals surface area contributed by atoms with E-state index in [1.165, 1.54) is 12.8 Å². The van der Waals surface area contributed by atoms with Gasteiger partial charge in [-0.2, -0.15) is 0 Å². The lowest BCUT2D eigenvalue weighted by atomic mass is 9.89. The first-order chi connectivity index (χ1) is 12.5. The minimum atomic E-state index is -0.727. The molecule has 0 atom stereocenters. The lowest BCUT2D eigenvalue weighted by Gasteiger charge is -2.30. The average molecular weight is 368 g/mol. The van der Waals surface area contributed by atoms with E-state index in [1.807, 2.05) is 0 Å². The second-order valence-corrected chi connectivity index (χ2v) is 8.10. The molecule has 0 unspecified atom stereocenters. The van der Waals surface area contributed by atoms with Crippen LogP contribution >= 0.6 is 0 Å². The zero-order valence-corrected chi connectivity index (χ0v) is 15.9. The Balaban J connectivity index is 1.83. The van der Waals surface area contributed by atoms with E-state index >= 15 is 0 Å². The predicted molar refractivity (Wildman–Crippen MR) is 95.2 cm³/mol. The monoisotopic (exact) mass is 368 g/mol. The van der Waals surface area contributed by atoms with Crippen LogP contribution in [0.25, 0.3) is 0 Å². The van der Waals surface area contributed by atoms with Gasteiger partial charge in [-0.05, 0) is 32.6 Å². The summed E-state index contributed by atoms with van der Waals surface area (Å²) in [6.07, 6.45) is 10.1. The summed E-state index contributed by atoms with van der Waals surface area (Å²) in [6.45, 7) is 2.37. The van der Waals surface area contributed by atoms with Crippen molar-refractivity contribution in [1.29, 1.82) is 0 Å². The molecule has 0 N–H and O–H groups in total. The Morgan fingerprint density at radius 2 is 1.23 bits per heavy atom. The van der Waals surface area contributed by atoms with E-state index in [0.29, 0.717) is 6.47 Å². The van der Waals surface area contributed by atoms with Gasteiger partial charge in [0.25, 0.3) is 6.47 Å². The SMILES string of the molecule is CC(COC=O)(COC(=O)C1CCCCC1)COC(=O)C1CCCCC1. The van der Waals surface area contributed by atoms with Gasteiger partial charge in [-0.15, -0.1) is 0 Å². The number of rotatable bonds is 9. The summed E-state index contributed by atoms with van der Waals surface area (Å²) < 4.78 is 15.9. The Bertz CT molecular complexity index is 429. The van der Waals surface area contributed by atoms with Crippen molar-refractivity contribution < 1.29 is 28.6 Å². The first kappa shape index (κ1) is 20.7. The molecule has 0 bridgehead atoms. The van der Waals surface area contributed by atoms with Crippen LogP contribution in [0.2, 0.25) is 0 Å². The number of carbonyl (C=O) groups excluding carboxylic acids is 3. The van der Waals surface area contributed by atoms with Crippen molar-refractivity contribution >= 4 is 18.4 Å². The van der Waals surface area contributed by atoms with Crippen molar-refractivity contribution in [3.05, 3.63) is 0 Å². The van der Waals surface area contributed by atoms with Gasteiger partial charge in [0.15, 0.2) is 0 Å². The molecule has 0 aromatic heterocycles. The highest BCUT2D eigenvalue weighted by molar-refractivity contribution is 5.73. The van der Waals surface area contributed by atoms with Crippen LogP contribution in [0.1, 0.15) is 71.1 Å². The van der Waals surface area contributed by atoms with E-state index in [1.54, 1.807) is 6.92 Å². The van der Waals surface area contributed by atoms with Gasteiger partial charge in [-0.1, -0.05) is 38.5 Å². The predicted octanol–water partition coefficient (Wildman–Crippen LogP) is 3.41. The Kier molecular flexibility index (Phi) is 8.39. The van der Waals surface area contributed by atoms with E-state index < -0.39 is 5.41 Å². The van der Waals surface area contributed by atoms with E-state index in [9.17, 15) is 14.4 Å². The van der Waals surface area contributed by atoms with Crippen LogP contribution in [0.4, 0.5) is 0 Å². The molecule has 2 aliphatic carbocycles. The maximum atomic E-state index is 12.3. The van der Waals surface area contributed by atoms with Crippen LogP contribution in [0.5, 0.6) is 0 Å². The molecule has 0 heterocycles. The summed E-state index contributed by atoms with van der Waals surface area (Å²) in [4.78, 5) is 35.1. The van der Waals surface area contributed by atoms with Crippen LogP contribution in [0, 0.1) is 17.3 Å². The lowest BCUT2D eigenvalue weighted by molar-refractivity contribution is -0.163. The molecule has 0 amide bonds. The standard InChI is InChI=1S/C20H32O6/c1-20(12-24-15-21,13-25-18(22)16-8-4-2-5-9-16)14-26-19(23)17-10-6-3-7-11-17/h15-17H,2-14H2,1H3. The largest absolute Gasteiger partial charge is 0.467 e. The smallest absolute Gasteiger partial charge is 0.308 e. The molecule has 2 rings (SSSR count). The Morgan fingerprint density at radius 3 is 1.62 bits per heavy atom. The molecular weight excluding hydrogens is 336 g/mol. The Labute approximate surface area is 155 Å². The zero-order valence-electron chi connectivity index (χ0n) is 15.9. The second kappa shape index (κ2) is 10.5. The number of hydrogen-bond acceptors (Lipinski definition) is 6. The fraction of sp³-hybridized carbons (Fsp3) is 0.850. The molecule has 0 aromatic rings. The van der Waals surface area contributed by atoms with Crippen molar-refractivity contribution in [2.24, 2.45) is 17.3 Å². The van der Waals surface area contributed by atoms with Crippen molar-refractivity contribution in [1.82, 2.24) is 0 Å². The Morgan fingerprint density at radius 1 is 0.808 bits per heavy atom. The number of esters is 2. The third-order valence-corrected chi connectivity index (χ3v) is 5.50. The molecule has 6 nitrogen and oxygen atoms in total. The summed E-state index contributed by atoms with van der Waals surface area (Å²) in [6, 6.07) is 0. The topological polar surface area (TPSA) is 78.9 Å². The van der Waals surface area contributed by atoms with Crippen LogP contribution in [-0.2, 0) is 28.6 Å². The average Bonchev–Trinajstić information content (AvgIpc) is 2.70. The summed E-state index contributed by atoms with van der Waals surface area (Å²) in [5, 5.41) is 0. The highest BCUT2D eigenvalue weighted by Gasteiger charge is 2.33. The molecule has 0 aliphatic heterocycles. The molecule has 26 heavy (non-hydrogen) atoms. The first-order valence-electron chi connectivity index (χ1n) is 9.92. The van der Waals surface area contributed by atoms with Gasteiger partial charge in [-0.25, -0.2) is 0 Å². The highest BCUT2D eigenvalue weighted by atomic mass is 16.6. The van der Waals surface area contributed by atoms with Crippen molar-refractivity contribution in [2.45, 2.75) is 71.1 Å². The first-order valence-corrected chi connectivity index (χ1v) is 9.92. The van der Waals surface area contributed by atoms with Crippen molar-refractivity contribution in [3.8, 4) is 0 Å². The van der Waals surface area contributed by atoms with Gasteiger partial charge in [0.1, 0.15) is 19.8 Å². The van der Waals surface area contributed by atoms with Crippen LogP contribution < -0.4 is 0 Å². The molecule has 0 radical (unpaired) electrons. The number of hydrogen-bond donors (Lipinski definition) is 0. The van der Waals surface area contributed by atoms with E-state index in [0.717, 1.165) is 51.4 Å². The molecule has 0 saturated heterocycles. The fourth-order valence-corrected chi connectivity index (χ4v) is 3.76. The minimum absolute atomic E-state index is 0.0372. The molecule has 148 valence electrons. The quantitative estimate of drug-likeness (QED) is 0.352. The number of ether oxygens (including phenoxy) is 3. The Hall–Kier alpha value is -1.59. The zero-order chi connectivity index (χ0) is 18.8. The molecular formula is C20H32O6. The van der Waals surface area contributed by atoms with Gasteiger partial charge >= 0.3 is 11.9 Å². The minimum Gasteiger partial charge on any atom is -0.467 e. The second-order valence-electron chi connectivity index (χ2n) is 8.10. The maximum absolute atomic E-state index is 12.3. The normalized spacial score (nSPS) is 19.6. The van der Waals surface area contributed by atoms with Gasteiger partial charge < -0.3 is 14.2 Å². The maximum Gasteiger partial charge on any atom is 0.308 e. The fourth-order valence-electron chi connectivity index (χ4n) is 3.76. The van der Waals surface area contributed by atoms with Crippen LogP contribution in [-0.4, -0.2) is 38.2 Å². The molecule has 2 saturated carbocycles. The van der Waals surface area contributed by atoms with Crippen LogP contribution in [0.3, 0.4) is 0 Å². The van der Waals surface area contributed by atoms with Gasteiger partial charge in [-0.3, -0.25) is 14.4 Å². The molecule has 2 fully saturated rings. The van der Waals surface area contributed by atoms with E-state index in [-0.39, 0.29) is 43.6 Å². The van der Waals surface area contributed by atoms with E-state index in [4.69, 9.17) is 14.2 Å². The van der Waals surface area contributed by atoms with Gasteiger partial charge in [0, 0.05) is 0 Å². The van der Waals surface area contributed by atoms with Gasteiger partial charge in [0.05, 0.1) is 17.3 Å². The lowest BCUT2D eigenvalue weighted by Crippen LogP contribution is -2.38. The molecule has 0 spiro atoms. The van der Waals surface area contributed by atoms with Crippen LogP contribution in [0.15, 0.2) is 0 Å². The highest BCUT2D eigenvalue weighted by Crippen LogP contribution is 2.28. The summed E-state index contributed by atoms with van der Waals surface area (Å²) in [5.74, 6) is -0.462. The summed E-state index contributed by atoms with van der Waals surface area (Å²) in [7, 11) is 0. The molecule has 2 aliphatic rings. The van der Waals surface area contributed by atoms with E-state index in [2.05, 4.69) is 0 Å². The van der Waals surface area contributed by atoms with Gasteiger partial charge in [0.2, 0.25) is 0 Å². The van der Waals surface area contributed by atoms with Crippen molar-refractivity contribution in [3.63, 3.8) is 0 Å².